The van der Waals surface area contributed by atoms with Gasteiger partial charge in [-0.2, -0.15) is 5.10 Å². The summed E-state index contributed by atoms with van der Waals surface area (Å²) in [5.74, 6) is -1.19. The summed E-state index contributed by atoms with van der Waals surface area (Å²) in [6.07, 6.45) is 5.25. The van der Waals surface area contributed by atoms with Crippen LogP contribution in [-0.2, 0) is 16.1 Å². The zero-order valence-corrected chi connectivity index (χ0v) is 19.1. The SMILES string of the molecule is COC(=O)c1cc2n(n1)C[C@](C)(C(=O)NC1CCCCC1)N(c1cc(C)ccc1C)C2=O. The van der Waals surface area contributed by atoms with E-state index < -0.39 is 11.5 Å². The number of nitrogens with one attached hydrogen (secondary N) is 1. The van der Waals surface area contributed by atoms with Gasteiger partial charge in [0.15, 0.2) is 5.69 Å². The maximum Gasteiger partial charge on any atom is 0.358 e. The van der Waals surface area contributed by atoms with E-state index in [2.05, 4.69) is 10.4 Å². The summed E-state index contributed by atoms with van der Waals surface area (Å²) in [6.45, 7) is 5.79. The van der Waals surface area contributed by atoms with Crippen molar-refractivity contribution in [1.29, 1.82) is 0 Å². The number of hydrogen-bond donors (Lipinski definition) is 1. The Hall–Kier alpha value is -3.16. The molecule has 8 nitrogen and oxygen atoms in total. The summed E-state index contributed by atoms with van der Waals surface area (Å²) in [6, 6.07) is 7.39. The second-order valence-corrected chi connectivity index (χ2v) is 9.08. The molecule has 0 saturated heterocycles. The van der Waals surface area contributed by atoms with Crippen LogP contribution in [0, 0.1) is 13.8 Å². The molecular weight excluding hydrogens is 408 g/mol. The van der Waals surface area contributed by atoms with Crippen LogP contribution in [0.1, 0.15) is 71.1 Å². The minimum absolute atomic E-state index is 0.0497. The van der Waals surface area contributed by atoms with Crippen LogP contribution >= 0.6 is 0 Å². The Bertz CT molecular complexity index is 1070. The highest BCUT2D eigenvalue weighted by Gasteiger charge is 2.50. The molecule has 2 amide bonds. The summed E-state index contributed by atoms with van der Waals surface area (Å²) < 4.78 is 6.23. The largest absolute Gasteiger partial charge is 0.464 e. The Morgan fingerprint density at radius 3 is 2.56 bits per heavy atom. The molecule has 1 aliphatic carbocycles. The van der Waals surface area contributed by atoms with Gasteiger partial charge in [0.1, 0.15) is 11.2 Å². The molecule has 2 aliphatic rings. The van der Waals surface area contributed by atoms with Crippen LogP contribution in [0.5, 0.6) is 0 Å². The first-order valence-electron chi connectivity index (χ1n) is 11.1. The lowest BCUT2D eigenvalue weighted by molar-refractivity contribution is -0.127. The summed E-state index contributed by atoms with van der Waals surface area (Å²) in [5.41, 5.74) is 1.66. The number of fused-ring (bicyclic) bond motifs is 1. The molecule has 4 rings (SSSR count). The lowest BCUT2D eigenvalue weighted by atomic mass is 9.90. The van der Waals surface area contributed by atoms with Gasteiger partial charge < -0.3 is 10.1 Å². The molecule has 170 valence electrons. The number of esters is 1. The third-order valence-corrected chi connectivity index (χ3v) is 6.58. The van der Waals surface area contributed by atoms with Crippen molar-refractivity contribution >= 4 is 23.5 Å². The number of carbonyl (C=O) groups is 3. The Morgan fingerprint density at radius 2 is 1.88 bits per heavy atom. The lowest BCUT2D eigenvalue weighted by Crippen LogP contribution is -2.65. The van der Waals surface area contributed by atoms with Crippen LogP contribution in [0.3, 0.4) is 0 Å². The Labute approximate surface area is 187 Å². The van der Waals surface area contributed by atoms with E-state index >= 15 is 0 Å². The van der Waals surface area contributed by atoms with Gasteiger partial charge in [0.25, 0.3) is 5.91 Å². The minimum Gasteiger partial charge on any atom is -0.464 e. The number of hydrogen-bond acceptors (Lipinski definition) is 5. The van der Waals surface area contributed by atoms with Gasteiger partial charge in [-0.05, 0) is 50.8 Å². The predicted molar refractivity (Wildman–Crippen MR) is 120 cm³/mol. The van der Waals surface area contributed by atoms with Gasteiger partial charge in [-0.15, -0.1) is 0 Å². The van der Waals surface area contributed by atoms with Crippen molar-refractivity contribution in [3.8, 4) is 0 Å². The van der Waals surface area contributed by atoms with Crippen LogP contribution in [0.4, 0.5) is 5.69 Å². The smallest absolute Gasteiger partial charge is 0.358 e. The van der Waals surface area contributed by atoms with E-state index in [1.54, 1.807) is 11.8 Å². The van der Waals surface area contributed by atoms with Crippen molar-refractivity contribution < 1.29 is 19.1 Å². The van der Waals surface area contributed by atoms with Crippen molar-refractivity contribution in [2.24, 2.45) is 0 Å². The average Bonchev–Trinajstić information content (AvgIpc) is 3.20. The molecule has 1 aliphatic heterocycles. The number of carbonyl (C=O) groups excluding carboxylic acids is 3. The maximum absolute atomic E-state index is 13.8. The fourth-order valence-electron chi connectivity index (χ4n) is 4.71. The second kappa shape index (κ2) is 8.41. The van der Waals surface area contributed by atoms with Gasteiger partial charge >= 0.3 is 5.97 Å². The highest BCUT2D eigenvalue weighted by molar-refractivity contribution is 6.12. The molecule has 8 heteroatoms. The topological polar surface area (TPSA) is 93.5 Å². The van der Waals surface area contributed by atoms with Crippen LogP contribution in [0.2, 0.25) is 0 Å². The van der Waals surface area contributed by atoms with E-state index in [9.17, 15) is 14.4 Å². The van der Waals surface area contributed by atoms with Crippen molar-refractivity contribution in [1.82, 2.24) is 15.1 Å². The van der Waals surface area contributed by atoms with Crippen molar-refractivity contribution in [2.75, 3.05) is 12.0 Å². The molecule has 32 heavy (non-hydrogen) atoms. The van der Waals surface area contributed by atoms with Crippen LogP contribution in [0.15, 0.2) is 24.3 Å². The van der Waals surface area contributed by atoms with Gasteiger partial charge in [0.2, 0.25) is 5.91 Å². The van der Waals surface area contributed by atoms with Crippen molar-refractivity contribution in [3.05, 3.63) is 46.8 Å². The van der Waals surface area contributed by atoms with E-state index in [0.29, 0.717) is 5.69 Å². The van der Waals surface area contributed by atoms with Crippen LogP contribution in [0.25, 0.3) is 0 Å². The molecule has 0 spiro atoms. The molecule has 1 fully saturated rings. The zero-order chi connectivity index (χ0) is 23.0. The molecule has 2 aromatic rings. The predicted octanol–water partition coefficient (Wildman–Crippen LogP) is 3.15. The summed E-state index contributed by atoms with van der Waals surface area (Å²) in [5, 5.41) is 7.47. The molecule has 0 radical (unpaired) electrons. The normalized spacial score (nSPS) is 21.2. The summed E-state index contributed by atoms with van der Waals surface area (Å²) >= 11 is 0. The number of benzene rings is 1. The van der Waals surface area contributed by atoms with Gasteiger partial charge in [0, 0.05) is 17.8 Å². The molecule has 1 aromatic carbocycles. The van der Waals surface area contributed by atoms with Gasteiger partial charge in [0.05, 0.1) is 13.7 Å². The first-order valence-corrected chi connectivity index (χ1v) is 11.1. The van der Waals surface area contributed by atoms with Crippen LogP contribution in [-0.4, -0.2) is 46.3 Å². The lowest BCUT2D eigenvalue weighted by Gasteiger charge is -2.44. The Balaban J connectivity index is 1.80. The summed E-state index contributed by atoms with van der Waals surface area (Å²) in [7, 11) is 1.27. The molecule has 1 aromatic heterocycles. The van der Waals surface area contributed by atoms with E-state index in [1.807, 2.05) is 32.0 Å². The van der Waals surface area contributed by atoms with E-state index in [4.69, 9.17) is 4.74 Å². The molecule has 0 bridgehead atoms. The Kier molecular flexibility index (Phi) is 5.79. The molecule has 1 N–H and O–H groups in total. The number of nitrogens with zero attached hydrogens (tertiary/aromatic N) is 3. The van der Waals surface area contributed by atoms with E-state index in [0.717, 1.165) is 36.8 Å². The fourth-order valence-corrected chi connectivity index (χ4v) is 4.71. The number of ether oxygens (including phenoxy) is 1. The number of rotatable bonds is 4. The first-order chi connectivity index (χ1) is 15.2. The highest BCUT2D eigenvalue weighted by Crippen LogP contribution is 2.35. The number of methoxy groups -OCH3 is 1. The molecular formula is C24H30N4O4. The molecule has 2 heterocycles. The molecule has 0 unspecified atom stereocenters. The first kappa shape index (κ1) is 22.0. The monoisotopic (exact) mass is 438 g/mol. The zero-order valence-electron chi connectivity index (χ0n) is 19.1. The van der Waals surface area contributed by atoms with Crippen molar-refractivity contribution in [3.63, 3.8) is 0 Å². The number of aromatic nitrogens is 2. The Morgan fingerprint density at radius 1 is 1.16 bits per heavy atom. The quantitative estimate of drug-likeness (QED) is 0.740. The number of amides is 2. The van der Waals surface area contributed by atoms with Gasteiger partial charge in [-0.3, -0.25) is 19.2 Å². The second-order valence-electron chi connectivity index (χ2n) is 9.08. The number of anilines is 1. The average molecular weight is 439 g/mol. The number of aryl methyl sites for hydroxylation is 2. The maximum atomic E-state index is 13.8. The third kappa shape index (κ3) is 3.78. The standard InChI is InChI=1S/C24H30N4O4/c1-15-10-11-16(2)19(12-15)28-21(29)20-13-18(22(30)32-4)26-27(20)14-24(28,3)23(31)25-17-8-6-5-7-9-17/h10-13,17H,5-9,14H2,1-4H3,(H,25,31)/t24-/m1/s1. The molecule has 1 saturated carbocycles. The van der Waals surface area contributed by atoms with Gasteiger partial charge in [-0.25, -0.2) is 4.79 Å². The minimum atomic E-state index is -1.21. The van der Waals surface area contributed by atoms with Crippen molar-refractivity contribution in [2.45, 2.75) is 71.0 Å². The fraction of sp³-hybridized carbons (Fsp3) is 0.500. The third-order valence-electron chi connectivity index (χ3n) is 6.58. The highest BCUT2D eigenvalue weighted by atomic mass is 16.5. The van der Waals surface area contributed by atoms with E-state index in [1.165, 1.54) is 24.3 Å². The van der Waals surface area contributed by atoms with Crippen LogP contribution < -0.4 is 10.2 Å². The molecule has 1 atom stereocenters. The van der Waals surface area contributed by atoms with E-state index in [-0.39, 0.29) is 35.8 Å². The van der Waals surface area contributed by atoms with Gasteiger partial charge in [-0.1, -0.05) is 31.4 Å². The summed E-state index contributed by atoms with van der Waals surface area (Å²) in [4.78, 5) is 41.1.